The predicted octanol–water partition coefficient (Wildman–Crippen LogP) is 1.06. The molecule has 0 unspecified atom stereocenters. The highest BCUT2D eigenvalue weighted by atomic mass is 16.6. The zero-order chi connectivity index (χ0) is 12.7. The fourth-order valence-corrected chi connectivity index (χ4v) is 1.53. The van der Waals surface area contributed by atoms with E-state index in [2.05, 4.69) is 0 Å². The third kappa shape index (κ3) is 3.60. The molecule has 0 aliphatic carbocycles. The zero-order valence-electron chi connectivity index (χ0n) is 9.71. The number of rotatable bonds is 7. The Labute approximate surface area is 94.1 Å². The molecule has 0 fully saturated rings. The molecule has 0 aromatic carbocycles. The molecule has 6 heteroatoms. The summed E-state index contributed by atoms with van der Waals surface area (Å²) in [6, 6.07) is -1.12. The Morgan fingerprint density at radius 3 is 2.38 bits per heavy atom. The van der Waals surface area contributed by atoms with E-state index in [4.69, 9.17) is 4.74 Å². The molecular formula is C10H17NO5. The maximum atomic E-state index is 11.6. The fourth-order valence-electron chi connectivity index (χ4n) is 1.53. The quantitative estimate of drug-likeness (QED) is 0.283. The van der Waals surface area contributed by atoms with E-state index in [9.17, 15) is 19.7 Å². The van der Waals surface area contributed by atoms with Crippen molar-refractivity contribution in [1.29, 1.82) is 0 Å². The van der Waals surface area contributed by atoms with Crippen LogP contribution in [0.25, 0.3) is 0 Å². The number of hydrogen-bond donors (Lipinski definition) is 0. The summed E-state index contributed by atoms with van der Waals surface area (Å²) in [7, 11) is 0. The molecule has 0 bridgehead atoms. The van der Waals surface area contributed by atoms with Gasteiger partial charge in [-0.3, -0.25) is 14.9 Å². The molecule has 3 atom stereocenters. The van der Waals surface area contributed by atoms with Gasteiger partial charge in [0, 0.05) is 17.8 Å². The van der Waals surface area contributed by atoms with Crippen molar-refractivity contribution in [1.82, 2.24) is 0 Å². The molecule has 0 aromatic heterocycles. The summed E-state index contributed by atoms with van der Waals surface area (Å²) in [4.78, 5) is 32.5. The second kappa shape index (κ2) is 6.92. The normalized spacial score (nSPS) is 15.9. The van der Waals surface area contributed by atoms with Gasteiger partial charge in [0.05, 0.1) is 6.61 Å². The summed E-state index contributed by atoms with van der Waals surface area (Å²) in [5.74, 6) is -2.34. The van der Waals surface area contributed by atoms with Gasteiger partial charge in [0.2, 0.25) is 6.04 Å². The van der Waals surface area contributed by atoms with Gasteiger partial charge in [-0.05, 0) is 13.3 Å². The third-order valence-corrected chi connectivity index (χ3v) is 2.52. The first kappa shape index (κ1) is 14.5. The standard InChI is InChI=1S/C10H17NO5/c1-4-8(6-12)9(7(3)11(14)15)10(13)16-5-2/h6-9H,4-5H2,1-3H3/t7-,8+,9+/m1/s1. The molecule has 0 aliphatic heterocycles. The molecule has 0 saturated carbocycles. The lowest BCUT2D eigenvalue weighted by Crippen LogP contribution is -2.39. The number of carbonyl (C=O) groups excluding carboxylic acids is 2. The Morgan fingerprint density at radius 2 is 2.06 bits per heavy atom. The lowest BCUT2D eigenvalue weighted by molar-refractivity contribution is -0.526. The van der Waals surface area contributed by atoms with Crippen molar-refractivity contribution in [2.75, 3.05) is 6.61 Å². The summed E-state index contributed by atoms with van der Waals surface area (Å²) >= 11 is 0. The van der Waals surface area contributed by atoms with Crippen molar-refractivity contribution >= 4 is 12.3 Å². The van der Waals surface area contributed by atoms with Crippen LogP contribution in [-0.4, -0.2) is 29.8 Å². The molecule has 0 heterocycles. The van der Waals surface area contributed by atoms with Gasteiger partial charge in [-0.2, -0.15) is 0 Å². The SMILES string of the molecule is CCOC(=O)[C@H]([C@H](C=O)CC)[C@@H](C)[N+](=O)[O-]. The minimum absolute atomic E-state index is 0.148. The van der Waals surface area contributed by atoms with Crippen molar-refractivity contribution in [3.63, 3.8) is 0 Å². The number of carbonyl (C=O) groups is 2. The van der Waals surface area contributed by atoms with E-state index in [1.807, 2.05) is 0 Å². The molecule has 0 saturated heterocycles. The maximum Gasteiger partial charge on any atom is 0.316 e. The van der Waals surface area contributed by atoms with Gasteiger partial charge in [-0.1, -0.05) is 6.92 Å². The van der Waals surface area contributed by atoms with E-state index >= 15 is 0 Å². The molecule has 0 N–H and O–H groups in total. The fraction of sp³-hybridized carbons (Fsp3) is 0.800. The first-order chi connectivity index (χ1) is 7.49. The van der Waals surface area contributed by atoms with Gasteiger partial charge >= 0.3 is 5.97 Å². The number of hydrogen-bond acceptors (Lipinski definition) is 5. The van der Waals surface area contributed by atoms with E-state index in [-0.39, 0.29) is 6.61 Å². The largest absolute Gasteiger partial charge is 0.466 e. The van der Waals surface area contributed by atoms with Gasteiger partial charge in [0.25, 0.3) is 0 Å². The maximum absolute atomic E-state index is 11.6. The van der Waals surface area contributed by atoms with Crippen molar-refractivity contribution in [2.45, 2.75) is 33.2 Å². The van der Waals surface area contributed by atoms with E-state index in [1.54, 1.807) is 13.8 Å². The lowest BCUT2D eigenvalue weighted by Gasteiger charge is -2.20. The molecule has 16 heavy (non-hydrogen) atoms. The second-order valence-corrected chi connectivity index (χ2v) is 3.51. The van der Waals surface area contributed by atoms with E-state index < -0.39 is 28.8 Å². The van der Waals surface area contributed by atoms with Crippen LogP contribution in [0, 0.1) is 22.0 Å². The molecule has 0 aromatic rings. The molecule has 0 radical (unpaired) electrons. The Hall–Kier alpha value is -1.46. The minimum Gasteiger partial charge on any atom is -0.466 e. The highest BCUT2D eigenvalue weighted by Crippen LogP contribution is 2.21. The van der Waals surface area contributed by atoms with Crippen LogP contribution in [0.4, 0.5) is 0 Å². The Kier molecular flexibility index (Phi) is 6.29. The first-order valence-electron chi connectivity index (χ1n) is 5.24. The molecule has 0 spiro atoms. The van der Waals surface area contributed by atoms with Crippen LogP contribution in [0.2, 0.25) is 0 Å². The predicted molar refractivity (Wildman–Crippen MR) is 56.4 cm³/mol. The second-order valence-electron chi connectivity index (χ2n) is 3.51. The van der Waals surface area contributed by atoms with E-state index in [0.717, 1.165) is 0 Å². The van der Waals surface area contributed by atoms with Gasteiger partial charge in [-0.25, -0.2) is 0 Å². The van der Waals surface area contributed by atoms with Crippen LogP contribution in [-0.2, 0) is 14.3 Å². The van der Waals surface area contributed by atoms with Crippen molar-refractivity contribution < 1.29 is 19.2 Å². The Bertz CT molecular complexity index is 264. The highest BCUT2D eigenvalue weighted by Gasteiger charge is 2.40. The monoisotopic (exact) mass is 231 g/mol. The topological polar surface area (TPSA) is 86.5 Å². The summed E-state index contributed by atoms with van der Waals surface area (Å²) in [5.41, 5.74) is 0. The highest BCUT2D eigenvalue weighted by molar-refractivity contribution is 5.77. The Balaban J connectivity index is 4.94. The average Bonchev–Trinajstić information content (AvgIpc) is 2.24. The summed E-state index contributed by atoms with van der Waals surface area (Å²) < 4.78 is 4.76. The van der Waals surface area contributed by atoms with Crippen LogP contribution in [0.5, 0.6) is 0 Å². The van der Waals surface area contributed by atoms with Crippen LogP contribution >= 0.6 is 0 Å². The first-order valence-corrected chi connectivity index (χ1v) is 5.24. The van der Waals surface area contributed by atoms with Crippen LogP contribution in [0.15, 0.2) is 0 Å². The minimum atomic E-state index is -1.12. The van der Waals surface area contributed by atoms with Crippen molar-refractivity contribution in [2.24, 2.45) is 11.8 Å². The Morgan fingerprint density at radius 1 is 1.50 bits per heavy atom. The number of aldehydes is 1. The number of nitro groups is 1. The van der Waals surface area contributed by atoms with Crippen LogP contribution in [0.3, 0.4) is 0 Å². The molecule has 92 valence electrons. The molecule has 0 rings (SSSR count). The molecule has 0 aliphatic rings. The summed E-state index contributed by atoms with van der Waals surface area (Å²) in [5, 5.41) is 10.7. The average molecular weight is 231 g/mol. The number of nitrogens with zero attached hydrogens (tertiary/aromatic N) is 1. The smallest absolute Gasteiger partial charge is 0.316 e. The van der Waals surface area contributed by atoms with Crippen LogP contribution < -0.4 is 0 Å². The van der Waals surface area contributed by atoms with Gasteiger partial charge in [0.1, 0.15) is 12.2 Å². The van der Waals surface area contributed by atoms with Crippen molar-refractivity contribution in [3.8, 4) is 0 Å². The summed E-state index contributed by atoms with van der Waals surface area (Å²) in [6.45, 7) is 4.79. The number of esters is 1. The van der Waals surface area contributed by atoms with E-state index in [1.165, 1.54) is 6.92 Å². The summed E-state index contributed by atoms with van der Waals surface area (Å²) in [6.07, 6.45) is 0.965. The van der Waals surface area contributed by atoms with Crippen LogP contribution in [0.1, 0.15) is 27.2 Å². The van der Waals surface area contributed by atoms with Gasteiger partial charge in [0.15, 0.2) is 0 Å². The molecule has 6 nitrogen and oxygen atoms in total. The molecular weight excluding hydrogens is 214 g/mol. The molecule has 0 amide bonds. The third-order valence-electron chi connectivity index (χ3n) is 2.52. The van der Waals surface area contributed by atoms with Gasteiger partial charge < -0.3 is 9.53 Å². The number of ether oxygens (including phenoxy) is 1. The zero-order valence-corrected chi connectivity index (χ0v) is 9.71. The van der Waals surface area contributed by atoms with Crippen molar-refractivity contribution in [3.05, 3.63) is 10.1 Å². The van der Waals surface area contributed by atoms with E-state index in [0.29, 0.717) is 12.7 Å². The van der Waals surface area contributed by atoms with Gasteiger partial charge in [-0.15, -0.1) is 0 Å². The lowest BCUT2D eigenvalue weighted by atomic mass is 9.86.